The number of ether oxygens (including phenoxy) is 1. The van der Waals surface area contributed by atoms with E-state index in [0.29, 0.717) is 12.1 Å². The van der Waals surface area contributed by atoms with Crippen LogP contribution in [0.25, 0.3) is 0 Å². The third-order valence-corrected chi connectivity index (χ3v) is 4.64. The van der Waals surface area contributed by atoms with Gasteiger partial charge in [-0.15, -0.1) is 0 Å². The lowest BCUT2D eigenvalue weighted by Gasteiger charge is -2.38. The van der Waals surface area contributed by atoms with Crippen molar-refractivity contribution in [1.29, 1.82) is 0 Å². The predicted octanol–water partition coefficient (Wildman–Crippen LogP) is 1.90. The van der Waals surface area contributed by atoms with Crippen LogP contribution in [0.5, 0.6) is 0 Å². The molecule has 0 saturated carbocycles. The molecule has 2 unspecified atom stereocenters. The first-order valence-corrected chi connectivity index (χ1v) is 8.99. The Kier molecular flexibility index (Phi) is 6.20. The molecule has 3 N–H and O–H groups in total. The number of alkyl halides is 6. The van der Waals surface area contributed by atoms with Gasteiger partial charge in [0.1, 0.15) is 11.9 Å². The van der Waals surface area contributed by atoms with E-state index in [1.54, 1.807) is 0 Å². The summed E-state index contributed by atoms with van der Waals surface area (Å²) in [5.74, 6) is -1.26. The van der Waals surface area contributed by atoms with Gasteiger partial charge < -0.3 is 20.5 Å². The van der Waals surface area contributed by atoms with Crippen LogP contribution < -0.4 is 11.4 Å². The molecule has 0 aliphatic carbocycles. The van der Waals surface area contributed by atoms with Crippen LogP contribution in [0, 0.1) is 0 Å². The van der Waals surface area contributed by atoms with Crippen LogP contribution in [0.1, 0.15) is 27.7 Å². The largest absolute Gasteiger partial charge is 0.416 e. The van der Waals surface area contributed by atoms with Crippen molar-refractivity contribution in [3.63, 3.8) is 0 Å². The highest BCUT2D eigenvalue weighted by molar-refractivity contribution is 5.94. The number of benzene rings is 1. The Bertz CT molecular complexity index is 1040. The number of hydrogen-bond donors (Lipinski definition) is 2. The van der Waals surface area contributed by atoms with Crippen molar-refractivity contribution in [1.82, 2.24) is 14.5 Å². The molecule has 2 atom stereocenters. The number of anilines is 1. The van der Waals surface area contributed by atoms with Crippen molar-refractivity contribution in [3.05, 3.63) is 57.6 Å². The molecule has 0 radical (unpaired) electrons. The van der Waals surface area contributed by atoms with Gasteiger partial charge in [-0.1, -0.05) is 0 Å². The SMILES string of the molecule is Nc1ccn(C2CN(C(=O)c3cc(C(F)(F)F)cc(C(F)(F)F)c3)CC(CO)O2)c(=O)n1. The Labute approximate surface area is 175 Å². The zero-order chi connectivity index (χ0) is 23.8. The molecule has 2 aromatic rings. The highest BCUT2D eigenvalue weighted by Gasteiger charge is 2.39. The molecule has 1 aromatic heterocycles. The third kappa shape index (κ3) is 5.02. The molecule has 2 heterocycles. The van der Waals surface area contributed by atoms with Gasteiger partial charge in [0.2, 0.25) is 0 Å². The molecule has 0 bridgehead atoms. The molecule has 174 valence electrons. The number of aliphatic hydroxyl groups excluding tert-OH is 1. The molecule has 1 aromatic carbocycles. The zero-order valence-corrected chi connectivity index (χ0v) is 16.0. The summed E-state index contributed by atoms with van der Waals surface area (Å²) in [5.41, 5.74) is 0.410. The first-order chi connectivity index (χ1) is 14.8. The molecule has 1 aliphatic heterocycles. The topological polar surface area (TPSA) is 111 Å². The van der Waals surface area contributed by atoms with Crippen molar-refractivity contribution in [2.24, 2.45) is 0 Å². The number of nitrogens with zero attached hydrogens (tertiary/aromatic N) is 3. The summed E-state index contributed by atoms with van der Waals surface area (Å²) in [6, 6.07) is 1.79. The number of amides is 1. The number of nitrogen functional groups attached to an aromatic ring is 1. The monoisotopic (exact) mass is 466 g/mol. The number of carbonyl (C=O) groups excluding carboxylic acids is 1. The summed E-state index contributed by atoms with van der Waals surface area (Å²) in [5, 5.41) is 9.46. The smallest absolute Gasteiger partial charge is 0.394 e. The standard InChI is InChI=1S/C18H16F6N4O4/c19-17(20,21)10-3-9(4-11(5-10)18(22,23)24)15(30)27-6-12(8-29)32-14(7-27)28-2-1-13(25)26-16(28)31/h1-5,12,14,29H,6-8H2,(H2,25,26,31). The fourth-order valence-corrected chi connectivity index (χ4v) is 3.14. The molecule has 32 heavy (non-hydrogen) atoms. The second kappa shape index (κ2) is 8.43. The summed E-state index contributed by atoms with van der Waals surface area (Å²) >= 11 is 0. The Hall–Kier alpha value is -3.13. The number of morpholine rings is 1. The molecule has 1 fully saturated rings. The van der Waals surface area contributed by atoms with Crippen LogP contribution in [-0.2, 0) is 17.1 Å². The zero-order valence-electron chi connectivity index (χ0n) is 16.0. The van der Waals surface area contributed by atoms with Gasteiger partial charge in [-0.05, 0) is 24.3 Å². The second-order valence-corrected chi connectivity index (χ2v) is 6.94. The van der Waals surface area contributed by atoms with E-state index in [0.717, 1.165) is 9.47 Å². The Morgan fingerprint density at radius 1 is 1.12 bits per heavy atom. The molecule has 3 rings (SSSR count). The Balaban J connectivity index is 1.99. The van der Waals surface area contributed by atoms with Crippen molar-refractivity contribution in [2.75, 3.05) is 25.4 Å². The molecule has 1 amide bonds. The van der Waals surface area contributed by atoms with Crippen molar-refractivity contribution in [3.8, 4) is 0 Å². The van der Waals surface area contributed by atoms with Gasteiger partial charge in [0.25, 0.3) is 5.91 Å². The summed E-state index contributed by atoms with van der Waals surface area (Å²) in [4.78, 5) is 29.3. The van der Waals surface area contributed by atoms with Crippen LogP contribution in [0.4, 0.5) is 32.2 Å². The minimum Gasteiger partial charge on any atom is -0.394 e. The van der Waals surface area contributed by atoms with Crippen LogP contribution in [0.2, 0.25) is 0 Å². The summed E-state index contributed by atoms with van der Waals surface area (Å²) in [7, 11) is 0. The average molecular weight is 466 g/mol. The third-order valence-electron chi connectivity index (χ3n) is 4.64. The summed E-state index contributed by atoms with van der Waals surface area (Å²) in [6.07, 6.45) is -11.3. The van der Waals surface area contributed by atoms with E-state index in [1.807, 2.05) is 0 Å². The molecular weight excluding hydrogens is 450 g/mol. The van der Waals surface area contributed by atoms with E-state index >= 15 is 0 Å². The fourth-order valence-electron chi connectivity index (χ4n) is 3.14. The van der Waals surface area contributed by atoms with E-state index in [9.17, 15) is 41.0 Å². The lowest BCUT2D eigenvalue weighted by molar-refractivity contribution is -0.143. The van der Waals surface area contributed by atoms with Crippen LogP contribution in [0.3, 0.4) is 0 Å². The highest BCUT2D eigenvalue weighted by Crippen LogP contribution is 2.36. The first kappa shape index (κ1) is 23.5. The highest BCUT2D eigenvalue weighted by atomic mass is 19.4. The first-order valence-electron chi connectivity index (χ1n) is 8.99. The number of nitrogens with two attached hydrogens (primary N) is 1. The maximum absolute atomic E-state index is 13.1. The normalized spacial score (nSPS) is 19.8. The number of aromatic nitrogens is 2. The van der Waals surface area contributed by atoms with Crippen LogP contribution >= 0.6 is 0 Å². The van der Waals surface area contributed by atoms with Gasteiger partial charge in [0, 0.05) is 18.3 Å². The predicted molar refractivity (Wildman–Crippen MR) is 96.3 cm³/mol. The van der Waals surface area contributed by atoms with Gasteiger partial charge in [-0.3, -0.25) is 9.36 Å². The minimum atomic E-state index is -5.12. The number of rotatable bonds is 3. The molecule has 0 spiro atoms. The van der Waals surface area contributed by atoms with Crippen LogP contribution in [-0.4, -0.2) is 51.3 Å². The Morgan fingerprint density at radius 3 is 2.22 bits per heavy atom. The van der Waals surface area contributed by atoms with Crippen LogP contribution in [0.15, 0.2) is 35.3 Å². The van der Waals surface area contributed by atoms with Crippen molar-refractivity contribution < 1.29 is 41.0 Å². The summed E-state index contributed by atoms with van der Waals surface area (Å²) in [6.45, 7) is -1.37. The number of halogens is 6. The van der Waals surface area contributed by atoms with Crippen molar-refractivity contribution >= 4 is 11.7 Å². The Morgan fingerprint density at radius 2 is 1.72 bits per heavy atom. The number of hydrogen-bond acceptors (Lipinski definition) is 6. The van der Waals surface area contributed by atoms with Gasteiger partial charge >= 0.3 is 18.0 Å². The average Bonchev–Trinajstić information content (AvgIpc) is 2.71. The lowest BCUT2D eigenvalue weighted by atomic mass is 10.0. The van der Waals surface area contributed by atoms with Gasteiger partial charge in [0.15, 0.2) is 6.23 Å². The van der Waals surface area contributed by atoms with E-state index < -0.39 is 66.1 Å². The molecule has 8 nitrogen and oxygen atoms in total. The maximum Gasteiger partial charge on any atom is 0.416 e. The van der Waals surface area contributed by atoms with Gasteiger partial charge in [0.05, 0.1) is 24.3 Å². The molecule has 1 aliphatic rings. The quantitative estimate of drug-likeness (QED) is 0.669. The fraction of sp³-hybridized carbons (Fsp3) is 0.389. The maximum atomic E-state index is 13.1. The summed E-state index contributed by atoms with van der Waals surface area (Å²) < 4.78 is 85.1. The van der Waals surface area contributed by atoms with E-state index in [-0.39, 0.29) is 18.4 Å². The van der Waals surface area contributed by atoms with Gasteiger partial charge in [-0.25, -0.2) is 4.79 Å². The minimum absolute atomic E-state index is 0.0883. The molecular formula is C18H16F6N4O4. The second-order valence-electron chi connectivity index (χ2n) is 6.94. The molecule has 14 heteroatoms. The van der Waals surface area contributed by atoms with E-state index in [2.05, 4.69) is 4.98 Å². The van der Waals surface area contributed by atoms with Gasteiger partial charge in [-0.2, -0.15) is 31.3 Å². The lowest BCUT2D eigenvalue weighted by Crippen LogP contribution is -2.51. The number of carbonyl (C=O) groups is 1. The van der Waals surface area contributed by atoms with E-state index in [1.165, 1.54) is 12.3 Å². The van der Waals surface area contributed by atoms with Crippen molar-refractivity contribution in [2.45, 2.75) is 24.7 Å². The number of aliphatic hydroxyl groups is 1. The molecule has 1 saturated heterocycles. The van der Waals surface area contributed by atoms with E-state index in [4.69, 9.17) is 10.5 Å².